The number of nitrogens with one attached hydrogen (secondary N) is 1. The number of benzene rings is 1. The average molecular weight is 340 g/mol. The number of amides is 1. The van der Waals surface area contributed by atoms with Crippen LogP contribution in [0.1, 0.15) is 12.5 Å². The van der Waals surface area contributed by atoms with Crippen molar-refractivity contribution in [1.29, 1.82) is 0 Å². The first-order valence-corrected chi connectivity index (χ1v) is 6.80. The van der Waals surface area contributed by atoms with Crippen molar-refractivity contribution in [2.75, 3.05) is 7.05 Å². The van der Waals surface area contributed by atoms with E-state index in [-0.39, 0.29) is 5.78 Å². The lowest BCUT2D eigenvalue weighted by molar-refractivity contribution is -0.177. The fourth-order valence-corrected chi connectivity index (χ4v) is 2.12. The van der Waals surface area contributed by atoms with Gasteiger partial charge in [-0.3, -0.25) is 4.79 Å². The minimum absolute atomic E-state index is 0.198. The van der Waals surface area contributed by atoms with Crippen LogP contribution in [0, 0.1) is 0 Å². The highest BCUT2D eigenvalue weighted by molar-refractivity contribution is 9.10. The zero-order chi connectivity index (χ0) is 14.8. The Bertz CT molecular complexity index is 555. The smallest absolute Gasteiger partial charge is 0.409 e. The molecule has 1 aromatic carbocycles. The fourth-order valence-electron chi connectivity index (χ4n) is 1.86. The van der Waals surface area contributed by atoms with Crippen molar-refractivity contribution < 1.29 is 19.1 Å². The first-order valence-electron chi connectivity index (χ1n) is 6.00. The van der Waals surface area contributed by atoms with Gasteiger partial charge < -0.3 is 14.8 Å². The first kappa shape index (κ1) is 14.7. The van der Waals surface area contributed by atoms with Gasteiger partial charge in [-0.1, -0.05) is 28.1 Å². The molecule has 0 aromatic heterocycles. The third-order valence-corrected chi connectivity index (χ3v) is 3.58. The van der Waals surface area contributed by atoms with Gasteiger partial charge in [0.15, 0.2) is 11.4 Å². The predicted molar refractivity (Wildman–Crippen MR) is 76.1 cm³/mol. The van der Waals surface area contributed by atoms with Crippen molar-refractivity contribution in [2.24, 2.45) is 0 Å². The molecule has 1 heterocycles. The summed E-state index contributed by atoms with van der Waals surface area (Å²) < 4.78 is 11.6. The molecule has 2 atom stereocenters. The van der Waals surface area contributed by atoms with Crippen molar-refractivity contribution in [1.82, 2.24) is 5.32 Å². The van der Waals surface area contributed by atoms with E-state index in [1.807, 2.05) is 12.1 Å². The molecule has 0 saturated carbocycles. The molecule has 0 aliphatic carbocycles. The quantitative estimate of drug-likeness (QED) is 0.899. The van der Waals surface area contributed by atoms with E-state index in [4.69, 9.17) is 9.47 Å². The highest BCUT2D eigenvalue weighted by Gasteiger charge is 2.40. The van der Waals surface area contributed by atoms with E-state index in [1.54, 1.807) is 19.1 Å². The van der Waals surface area contributed by atoms with Crippen LogP contribution in [0.2, 0.25) is 0 Å². The maximum atomic E-state index is 12.1. The molecule has 0 saturated heterocycles. The number of carbonyl (C=O) groups excluding carboxylic acids is 2. The van der Waals surface area contributed by atoms with Gasteiger partial charge in [-0.2, -0.15) is 0 Å². The first-order chi connectivity index (χ1) is 9.45. The van der Waals surface area contributed by atoms with Gasteiger partial charge in [0.05, 0.1) is 0 Å². The number of hydrogen-bond acceptors (Lipinski definition) is 4. The molecular weight excluding hydrogens is 326 g/mol. The van der Waals surface area contributed by atoms with Crippen LogP contribution >= 0.6 is 15.9 Å². The Balaban J connectivity index is 2.26. The van der Waals surface area contributed by atoms with Gasteiger partial charge in [-0.25, -0.2) is 4.79 Å². The second kappa shape index (κ2) is 5.76. The van der Waals surface area contributed by atoms with Gasteiger partial charge in [-0.15, -0.1) is 0 Å². The SMILES string of the molecule is CNC(=O)O[C@H]1C=CC(=O)[C@](C)(c2ccc(Br)cc2)O1. The maximum absolute atomic E-state index is 12.1. The van der Waals surface area contributed by atoms with Gasteiger partial charge >= 0.3 is 6.09 Å². The van der Waals surface area contributed by atoms with Crippen molar-refractivity contribution in [3.05, 3.63) is 46.5 Å². The summed E-state index contributed by atoms with van der Waals surface area (Å²) in [5.74, 6) is -0.198. The topological polar surface area (TPSA) is 64.6 Å². The van der Waals surface area contributed by atoms with E-state index in [0.29, 0.717) is 5.56 Å². The molecule has 0 spiro atoms. The number of carbonyl (C=O) groups is 2. The van der Waals surface area contributed by atoms with Crippen molar-refractivity contribution in [3.8, 4) is 0 Å². The Hall–Kier alpha value is -1.66. The lowest BCUT2D eigenvalue weighted by atomic mass is 9.89. The maximum Gasteiger partial charge on any atom is 0.409 e. The van der Waals surface area contributed by atoms with E-state index < -0.39 is 18.0 Å². The summed E-state index contributed by atoms with van der Waals surface area (Å²) in [5, 5.41) is 2.33. The minimum Gasteiger partial charge on any atom is -0.416 e. The Labute approximate surface area is 125 Å². The van der Waals surface area contributed by atoms with E-state index in [1.165, 1.54) is 19.2 Å². The highest BCUT2D eigenvalue weighted by atomic mass is 79.9. The van der Waals surface area contributed by atoms with Gasteiger partial charge in [0.25, 0.3) is 0 Å². The number of ether oxygens (including phenoxy) is 2. The standard InChI is InChI=1S/C14H14BrNO4/c1-14(9-3-5-10(15)6-4-9)11(17)7-8-12(20-14)19-13(18)16-2/h3-8,12H,1-2H3,(H,16,18)/t12-,14+/m1/s1. The zero-order valence-corrected chi connectivity index (χ0v) is 12.6. The van der Waals surface area contributed by atoms with Crippen LogP contribution in [0.5, 0.6) is 0 Å². The average Bonchev–Trinajstić information content (AvgIpc) is 2.43. The van der Waals surface area contributed by atoms with Gasteiger partial charge in [0, 0.05) is 11.5 Å². The summed E-state index contributed by atoms with van der Waals surface area (Å²) in [5.41, 5.74) is -0.478. The number of alkyl carbamates (subject to hydrolysis) is 1. The summed E-state index contributed by atoms with van der Waals surface area (Å²) in [6.07, 6.45) is 1.27. The van der Waals surface area contributed by atoms with Crippen LogP contribution in [0.3, 0.4) is 0 Å². The summed E-state index contributed by atoms with van der Waals surface area (Å²) in [7, 11) is 1.45. The summed E-state index contributed by atoms with van der Waals surface area (Å²) in [6.45, 7) is 1.66. The number of ketones is 1. The van der Waals surface area contributed by atoms with Crippen molar-refractivity contribution >= 4 is 27.8 Å². The van der Waals surface area contributed by atoms with Crippen LogP contribution in [-0.2, 0) is 19.9 Å². The molecule has 2 rings (SSSR count). The van der Waals surface area contributed by atoms with Crippen LogP contribution in [0.4, 0.5) is 4.79 Å². The van der Waals surface area contributed by atoms with Crippen LogP contribution in [-0.4, -0.2) is 25.2 Å². The molecule has 20 heavy (non-hydrogen) atoms. The van der Waals surface area contributed by atoms with Gasteiger partial charge in [0.1, 0.15) is 0 Å². The summed E-state index contributed by atoms with van der Waals surface area (Å²) in [6, 6.07) is 7.23. The third-order valence-electron chi connectivity index (χ3n) is 3.05. The minimum atomic E-state index is -1.17. The molecule has 1 aliphatic heterocycles. The fraction of sp³-hybridized carbons (Fsp3) is 0.286. The molecule has 1 aliphatic rings. The van der Waals surface area contributed by atoms with Gasteiger partial charge in [0.2, 0.25) is 6.29 Å². The van der Waals surface area contributed by atoms with Crippen molar-refractivity contribution in [3.63, 3.8) is 0 Å². The molecule has 1 N–H and O–H groups in total. The van der Waals surface area contributed by atoms with Crippen LogP contribution < -0.4 is 5.32 Å². The summed E-state index contributed by atoms with van der Waals surface area (Å²) >= 11 is 3.34. The molecule has 0 bridgehead atoms. The lowest BCUT2D eigenvalue weighted by Gasteiger charge is -2.33. The Morgan fingerprint density at radius 1 is 1.40 bits per heavy atom. The Kier molecular flexibility index (Phi) is 4.25. The normalized spacial score (nSPS) is 25.4. The third kappa shape index (κ3) is 2.91. The number of halogens is 1. The molecule has 0 unspecified atom stereocenters. The monoisotopic (exact) mass is 339 g/mol. The van der Waals surface area contributed by atoms with E-state index in [0.717, 1.165) is 4.47 Å². The molecule has 0 radical (unpaired) electrons. The van der Waals surface area contributed by atoms with E-state index in [2.05, 4.69) is 21.2 Å². The van der Waals surface area contributed by atoms with Crippen LogP contribution in [0.15, 0.2) is 40.9 Å². The highest BCUT2D eigenvalue weighted by Crippen LogP contribution is 2.32. The van der Waals surface area contributed by atoms with E-state index in [9.17, 15) is 9.59 Å². The molecule has 1 amide bonds. The van der Waals surface area contributed by atoms with Gasteiger partial charge in [-0.05, 0) is 36.8 Å². The van der Waals surface area contributed by atoms with Crippen LogP contribution in [0.25, 0.3) is 0 Å². The Morgan fingerprint density at radius 2 is 2.05 bits per heavy atom. The summed E-state index contributed by atoms with van der Waals surface area (Å²) in [4.78, 5) is 23.3. The largest absolute Gasteiger partial charge is 0.416 e. The molecule has 1 aromatic rings. The predicted octanol–water partition coefficient (Wildman–Crippen LogP) is 2.50. The lowest BCUT2D eigenvalue weighted by Crippen LogP contribution is -2.43. The molecule has 6 heteroatoms. The second-order valence-electron chi connectivity index (χ2n) is 4.41. The molecule has 5 nitrogen and oxygen atoms in total. The molecular formula is C14H14BrNO4. The molecule has 0 fully saturated rings. The second-order valence-corrected chi connectivity index (χ2v) is 5.32. The van der Waals surface area contributed by atoms with E-state index >= 15 is 0 Å². The molecule has 106 valence electrons. The Morgan fingerprint density at radius 3 is 2.65 bits per heavy atom. The van der Waals surface area contributed by atoms with Crippen molar-refractivity contribution in [2.45, 2.75) is 18.8 Å². The zero-order valence-electron chi connectivity index (χ0n) is 11.1. The number of hydrogen-bond donors (Lipinski definition) is 1. The number of rotatable bonds is 2.